The quantitative estimate of drug-likeness (QED) is 0.611. The predicted molar refractivity (Wildman–Crippen MR) is 54.3 cm³/mol. The second-order valence-corrected chi connectivity index (χ2v) is 3.36. The summed E-state index contributed by atoms with van der Waals surface area (Å²) in [4.78, 5) is 14.1. The Balaban J connectivity index is 2.45. The third-order valence-corrected chi connectivity index (χ3v) is 1.91. The van der Waals surface area contributed by atoms with Crippen LogP contribution in [0.3, 0.4) is 0 Å². The highest BCUT2D eigenvalue weighted by molar-refractivity contribution is 9.10. The Morgan fingerprint density at radius 1 is 1.77 bits per heavy atom. The number of H-pyrrole nitrogens is 1. The lowest BCUT2D eigenvalue weighted by molar-refractivity contribution is 0.0950. The van der Waals surface area contributed by atoms with Crippen LogP contribution in [0.15, 0.2) is 16.7 Å². The SMILES string of the molecule is C#CCCNC(=O)c1cc(Br)c[nH]1. The molecule has 0 aromatic carbocycles. The van der Waals surface area contributed by atoms with Gasteiger partial charge in [0.25, 0.3) is 5.91 Å². The van der Waals surface area contributed by atoms with Crippen LogP contribution in [0.5, 0.6) is 0 Å². The highest BCUT2D eigenvalue weighted by Gasteiger charge is 2.05. The minimum Gasteiger partial charge on any atom is -0.356 e. The lowest BCUT2D eigenvalue weighted by Crippen LogP contribution is -2.24. The fraction of sp³-hybridized carbons (Fsp3) is 0.222. The van der Waals surface area contributed by atoms with Crippen molar-refractivity contribution in [3.05, 3.63) is 22.4 Å². The van der Waals surface area contributed by atoms with E-state index in [1.807, 2.05) is 0 Å². The van der Waals surface area contributed by atoms with E-state index in [2.05, 4.69) is 32.2 Å². The Morgan fingerprint density at radius 3 is 3.08 bits per heavy atom. The highest BCUT2D eigenvalue weighted by Crippen LogP contribution is 2.09. The van der Waals surface area contributed by atoms with Gasteiger partial charge >= 0.3 is 0 Å². The average molecular weight is 241 g/mol. The van der Waals surface area contributed by atoms with E-state index in [0.717, 1.165) is 4.47 Å². The van der Waals surface area contributed by atoms with E-state index in [1.54, 1.807) is 12.3 Å². The molecule has 13 heavy (non-hydrogen) atoms. The number of aromatic amines is 1. The maximum absolute atomic E-state index is 11.3. The smallest absolute Gasteiger partial charge is 0.267 e. The molecule has 0 bridgehead atoms. The van der Waals surface area contributed by atoms with Crippen molar-refractivity contribution in [2.75, 3.05) is 6.54 Å². The fourth-order valence-corrected chi connectivity index (χ4v) is 1.19. The first-order valence-corrected chi connectivity index (χ1v) is 4.59. The molecule has 0 aliphatic rings. The molecule has 0 saturated heterocycles. The van der Waals surface area contributed by atoms with Gasteiger partial charge in [-0.05, 0) is 22.0 Å². The molecule has 68 valence electrons. The minimum atomic E-state index is -0.138. The lowest BCUT2D eigenvalue weighted by atomic mass is 10.4. The Kier molecular flexibility index (Phi) is 3.59. The number of nitrogens with one attached hydrogen (secondary N) is 2. The van der Waals surface area contributed by atoms with Crippen molar-refractivity contribution in [2.24, 2.45) is 0 Å². The van der Waals surface area contributed by atoms with Gasteiger partial charge in [-0.3, -0.25) is 4.79 Å². The summed E-state index contributed by atoms with van der Waals surface area (Å²) >= 11 is 3.24. The molecule has 0 spiro atoms. The normalized spacial score (nSPS) is 9.23. The molecule has 1 aromatic rings. The van der Waals surface area contributed by atoms with Gasteiger partial charge in [0.1, 0.15) is 5.69 Å². The number of carbonyl (C=O) groups is 1. The molecule has 2 N–H and O–H groups in total. The van der Waals surface area contributed by atoms with Crippen LogP contribution >= 0.6 is 15.9 Å². The number of hydrogen-bond donors (Lipinski definition) is 2. The number of hydrogen-bond acceptors (Lipinski definition) is 1. The van der Waals surface area contributed by atoms with Gasteiger partial charge in [0, 0.05) is 23.6 Å². The molecule has 0 aliphatic carbocycles. The van der Waals surface area contributed by atoms with Crippen LogP contribution in [-0.2, 0) is 0 Å². The molecule has 0 radical (unpaired) electrons. The molecule has 0 saturated carbocycles. The van der Waals surface area contributed by atoms with Gasteiger partial charge in [-0.1, -0.05) is 0 Å². The van der Waals surface area contributed by atoms with E-state index in [1.165, 1.54) is 0 Å². The zero-order chi connectivity index (χ0) is 9.68. The summed E-state index contributed by atoms with van der Waals surface area (Å²) in [5, 5.41) is 2.68. The van der Waals surface area contributed by atoms with Crippen LogP contribution < -0.4 is 5.32 Å². The molecule has 0 atom stereocenters. The van der Waals surface area contributed by atoms with Crippen LogP contribution in [0.4, 0.5) is 0 Å². The first-order valence-electron chi connectivity index (χ1n) is 3.79. The van der Waals surface area contributed by atoms with Crippen molar-refractivity contribution in [3.8, 4) is 12.3 Å². The zero-order valence-electron chi connectivity index (χ0n) is 6.93. The first kappa shape index (κ1) is 9.87. The standard InChI is InChI=1S/C9H9BrN2O/c1-2-3-4-11-9(13)8-5-7(10)6-12-8/h1,5-6,12H,3-4H2,(H,11,13). The largest absolute Gasteiger partial charge is 0.356 e. The van der Waals surface area contributed by atoms with Gasteiger partial charge in [0.15, 0.2) is 0 Å². The fourth-order valence-electron chi connectivity index (χ4n) is 0.842. The number of rotatable bonds is 3. The highest BCUT2D eigenvalue weighted by atomic mass is 79.9. The Labute approximate surface area is 85.0 Å². The Bertz CT molecular complexity index is 338. The molecular weight excluding hydrogens is 232 g/mol. The number of carbonyl (C=O) groups excluding carboxylic acids is 1. The second kappa shape index (κ2) is 4.73. The summed E-state index contributed by atoms with van der Waals surface area (Å²) in [5.41, 5.74) is 0.531. The van der Waals surface area contributed by atoms with Gasteiger partial charge in [-0.25, -0.2) is 0 Å². The van der Waals surface area contributed by atoms with Crippen molar-refractivity contribution in [1.82, 2.24) is 10.3 Å². The van der Waals surface area contributed by atoms with E-state index in [-0.39, 0.29) is 5.91 Å². The molecule has 1 aromatic heterocycles. The molecule has 1 amide bonds. The molecule has 0 fully saturated rings. The average Bonchev–Trinajstić information content (AvgIpc) is 2.52. The topological polar surface area (TPSA) is 44.9 Å². The van der Waals surface area contributed by atoms with E-state index < -0.39 is 0 Å². The van der Waals surface area contributed by atoms with E-state index in [4.69, 9.17) is 6.42 Å². The molecule has 4 heteroatoms. The summed E-state index contributed by atoms with van der Waals surface area (Å²) in [6.45, 7) is 0.506. The van der Waals surface area contributed by atoms with Gasteiger partial charge in [0.05, 0.1) is 0 Å². The van der Waals surface area contributed by atoms with E-state index in [9.17, 15) is 4.79 Å². The molecule has 0 aliphatic heterocycles. The summed E-state index contributed by atoms with van der Waals surface area (Å²) < 4.78 is 0.856. The van der Waals surface area contributed by atoms with E-state index >= 15 is 0 Å². The van der Waals surface area contributed by atoms with Gasteiger partial charge in [0.2, 0.25) is 0 Å². The maximum Gasteiger partial charge on any atom is 0.267 e. The third kappa shape index (κ3) is 2.96. The van der Waals surface area contributed by atoms with Crippen molar-refractivity contribution in [3.63, 3.8) is 0 Å². The monoisotopic (exact) mass is 240 g/mol. The van der Waals surface area contributed by atoms with Crippen LogP contribution in [-0.4, -0.2) is 17.4 Å². The molecule has 1 heterocycles. The van der Waals surface area contributed by atoms with Crippen molar-refractivity contribution < 1.29 is 4.79 Å². The number of amides is 1. The summed E-state index contributed by atoms with van der Waals surface area (Å²) in [6.07, 6.45) is 7.29. The number of terminal acetylenes is 1. The van der Waals surface area contributed by atoms with E-state index in [0.29, 0.717) is 18.7 Å². The summed E-state index contributed by atoms with van der Waals surface area (Å²) in [6, 6.07) is 1.71. The van der Waals surface area contributed by atoms with Crippen LogP contribution in [0.1, 0.15) is 16.9 Å². The summed E-state index contributed by atoms with van der Waals surface area (Å²) in [7, 11) is 0. The van der Waals surface area contributed by atoms with Gasteiger partial charge in [-0.15, -0.1) is 12.3 Å². The van der Waals surface area contributed by atoms with Crippen LogP contribution in [0.2, 0.25) is 0 Å². The molecular formula is C9H9BrN2O. The molecule has 3 nitrogen and oxygen atoms in total. The van der Waals surface area contributed by atoms with Crippen molar-refractivity contribution in [2.45, 2.75) is 6.42 Å². The Hall–Kier alpha value is -1.21. The van der Waals surface area contributed by atoms with Crippen molar-refractivity contribution >= 4 is 21.8 Å². The second-order valence-electron chi connectivity index (χ2n) is 2.44. The first-order chi connectivity index (χ1) is 6.24. The van der Waals surface area contributed by atoms with Gasteiger partial charge < -0.3 is 10.3 Å². The Morgan fingerprint density at radius 2 is 2.54 bits per heavy atom. The summed E-state index contributed by atoms with van der Waals surface area (Å²) in [5.74, 6) is 2.31. The van der Waals surface area contributed by atoms with Gasteiger partial charge in [-0.2, -0.15) is 0 Å². The minimum absolute atomic E-state index is 0.138. The third-order valence-electron chi connectivity index (χ3n) is 1.45. The molecule has 0 unspecified atom stereocenters. The molecule has 1 rings (SSSR count). The lowest BCUT2D eigenvalue weighted by Gasteiger charge is -1.99. The van der Waals surface area contributed by atoms with Crippen LogP contribution in [0.25, 0.3) is 0 Å². The van der Waals surface area contributed by atoms with Crippen molar-refractivity contribution in [1.29, 1.82) is 0 Å². The number of aromatic nitrogens is 1. The number of halogens is 1. The van der Waals surface area contributed by atoms with Crippen LogP contribution in [0, 0.1) is 12.3 Å². The predicted octanol–water partition coefficient (Wildman–Crippen LogP) is 1.53. The zero-order valence-corrected chi connectivity index (χ0v) is 8.52. The maximum atomic E-state index is 11.3.